The smallest absolute Gasteiger partial charge is 0.141 e. The van der Waals surface area contributed by atoms with Gasteiger partial charge in [0.25, 0.3) is 0 Å². The summed E-state index contributed by atoms with van der Waals surface area (Å²) in [6.45, 7) is 2.14. The van der Waals surface area contributed by atoms with Crippen LogP contribution in [0.15, 0.2) is 0 Å². The fourth-order valence-corrected chi connectivity index (χ4v) is 4.88. The van der Waals surface area contributed by atoms with E-state index in [2.05, 4.69) is 6.92 Å². The molecule has 5 atom stereocenters. The predicted molar refractivity (Wildman–Crippen MR) is 62.3 cm³/mol. The van der Waals surface area contributed by atoms with Crippen LogP contribution in [0, 0.1) is 23.7 Å². The molecule has 16 heavy (non-hydrogen) atoms. The Morgan fingerprint density at radius 2 is 2.19 bits per heavy atom. The molecule has 4 saturated carbocycles. The van der Waals surface area contributed by atoms with Crippen molar-refractivity contribution in [1.82, 2.24) is 0 Å². The number of carbonyl (C=O) groups excluding carboxylic acids is 1. The van der Waals surface area contributed by atoms with Crippen LogP contribution in [0.4, 0.5) is 0 Å². The Labute approximate surface area is 102 Å². The number of rotatable bonds is 3. The summed E-state index contributed by atoms with van der Waals surface area (Å²) in [5.74, 6) is 2.33. The lowest BCUT2D eigenvalue weighted by atomic mass is 9.48. The molecule has 0 aromatic heterocycles. The van der Waals surface area contributed by atoms with Crippen molar-refractivity contribution in [3.8, 4) is 0 Å². The second-order valence-corrected chi connectivity index (χ2v) is 5.94. The van der Waals surface area contributed by atoms with Gasteiger partial charge < -0.3 is 4.74 Å². The maximum Gasteiger partial charge on any atom is 0.141 e. The molecule has 0 aliphatic heterocycles. The van der Waals surface area contributed by atoms with E-state index in [9.17, 15) is 4.79 Å². The van der Waals surface area contributed by atoms with Gasteiger partial charge in [0.2, 0.25) is 0 Å². The molecule has 4 rings (SSSR count). The van der Waals surface area contributed by atoms with Crippen molar-refractivity contribution in [1.29, 1.82) is 0 Å². The van der Waals surface area contributed by atoms with Gasteiger partial charge in [-0.1, -0.05) is 18.5 Å². The number of Topliss-reactive ketones (excluding diaryl/α,β-unsaturated/α-hetero) is 1. The van der Waals surface area contributed by atoms with Crippen LogP contribution in [0.2, 0.25) is 0 Å². The highest BCUT2D eigenvalue weighted by molar-refractivity contribution is 6.17. The van der Waals surface area contributed by atoms with Crippen molar-refractivity contribution in [3.63, 3.8) is 0 Å². The molecule has 0 amide bonds. The van der Waals surface area contributed by atoms with E-state index in [4.69, 9.17) is 16.3 Å². The lowest BCUT2D eigenvalue weighted by Gasteiger charge is -2.59. The van der Waals surface area contributed by atoms with Crippen molar-refractivity contribution < 1.29 is 9.53 Å². The molecular formula is C13H19ClO2. The Morgan fingerprint density at radius 3 is 2.88 bits per heavy atom. The monoisotopic (exact) mass is 242 g/mol. The summed E-state index contributed by atoms with van der Waals surface area (Å²) in [6, 6.07) is 0.226. The molecule has 4 aliphatic carbocycles. The first-order chi connectivity index (χ1) is 7.71. The zero-order chi connectivity index (χ0) is 11.3. The van der Waals surface area contributed by atoms with Crippen LogP contribution >= 0.6 is 11.6 Å². The molecule has 0 saturated heterocycles. The van der Waals surface area contributed by atoms with Crippen LogP contribution in [-0.2, 0) is 9.53 Å². The number of ketones is 1. The highest BCUT2D eigenvalue weighted by Gasteiger charge is 2.61. The first kappa shape index (κ1) is 11.0. The van der Waals surface area contributed by atoms with E-state index in [1.807, 2.05) is 0 Å². The van der Waals surface area contributed by atoms with Gasteiger partial charge in [-0.05, 0) is 43.9 Å². The van der Waals surface area contributed by atoms with Gasteiger partial charge in [0.1, 0.15) is 11.8 Å². The second-order valence-electron chi connectivity index (χ2n) is 5.72. The Bertz CT molecular complexity index is 317. The summed E-state index contributed by atoms with van der Waals surface area (Å²) < 4.78 is 5.87. The number of alkyl halides is 1. The minimum atomic E-state index is -0.216. The normalized spacial score (nSPS) is 50.0. The zero-order valence-corrected chi connectivity index (χ0v) is 10.5. The van der Waals surface area contributed by atoms with E-state index in [1.54, 1.807) is 0 Å². The number of halogens is 1. The van der Waals surface area contributed by atoms with Gasteiger partial charge in [-0.3, -0.25) is 4.79 Å². The van der Waals surface area contributed by atoms with Gasteiger partial charge in [-0.2, -0.15) is 0 Å². The van der Waals surface area contributed by atoms with Crippen molar-refractivity contribution in [3.05, 3.63) is 0 Å². The van der Waals surface area contributed by atoms with E-state index in [1.165, 1.54) is 6.42 Å². The number of carbonyl (C=O) groups is 1. The summed E-state index contributed by atoms with van der Waals surface area (Å²) >= 11 is 5.78. The first-order valence-electron chi connectivity index (χ1n) is 6.45. The predicted octanol–water partition coefficient (Wildman–Crippen LogP) is 2.98. The molecule has 0 radical (unpaired) electrons. The van der Waals surface area contributed by atoms with Gasteiger partial charge in [0, 0.05) is 11.8 Å². The molecule has 0 heterocycles. The van der Waals surface area contributed by atoms with Gasteiger partial charge >= 0.3 is 0 Å². The summed E-state index contributed by atoms with van der Waals surface area (Å²) in [5, 5.41) is 0. The number of hydrogen-bond acceptors (Lipinski definition) is 2. The molecule has 0 N–H and O–H groups in total. The fourth-order valence-electron chi connectivity index (χ4n) is 4.68. The summed E-state index contributed by atoms with van der Waals surface area (Å²) in [4.78, 5) is 12.3. The molecule has 3 heteroatoms. The quantitative estimate of drug-likeness (QED) is 0.712. The van der Waals surface area contributed by atoms with Crippen molar-refractivity contribution >= 4 is 17.4 Å². The van der Waals surface area contributed by atoms with Crippen molar-refractivity contribution in [2.45, 2.75) is 44.6 Å². The lowest BCUT2D eigenvalue weighted by Crippen LogP contribution is -2.62. The molecular weight excluding hydrogens is 224 g/mol. The molecule has 4 bridgehead atoms. The van der Waals surface area contributed by atoms with Gasteiger partial charge in [-0.25, -0.2) is 0 Å². The molecule has 90 valence electrons. The zero-order valence-electron chi connectivity index (χ0n) is 9.75. The van der Waals surface area contributed by atoms with Gasteiger partial charge in [0.15, 0.2) is 0 Å². The number of ether oxygens (including phenoxy) is 1. The van der Waals surface area contributed by atoms with Crippen LogP contribution < -0.4 is 0 Å². The Morgan fingerprint density at radius 1 is 1.38 bits per heavy atom. The summed E-state index contributed by atoms with van der Waals surface area (Å²) in [6.07, 6.45) is 5.44. The van der Waals surface area contributed by atoms with Crippen LogP contribution in [0.25, 0.3) is 0 Å². The molecule has 2 nitrogen and oxygen atoms in total. The van der Waals surface area contributed by atoms with Crippen LogP contribution in [0.3, 0.4) is 0 Å². The highest BCUT2D eigenvalue weighted by Crippen LogP contribution is 2.59. The van der Waals surface area contributed by atoms with Crippen molar-refractivity contribution in [2.24, 2.45) is 23.7 Å². The third kappa shape index (κ3) is 1.26. The Hall–Kier alpha value is -0.0800. The molecule has 0 aromatic carbocycles. The minimum absolute atomic E-state index is 0.146. The topological polar surface area (TPSA) is 26.3 Å². The average Bonchev–Trinajstić information content (AvgIpc) is 2.29. The lowest BCUT2D eigenvalue weighted by molar-refractivity contribution is -0.197. The number of hydrogen-bond donors (Lipinski definition) is 0. The Balaban J connectivity index is 1.97. The molecule has 0 spiro atoms. The van der Waals surface area contributed by atoms with Gasteiger partial charge in [-0.15, -0.1) is 0 Å². The van der Waals surface area contributed by atoms with Crippen molar-refractivity contribution in [2.75, 3.05) is 6.07 Å². The van der Waals surface area contributed by atoms with E-state index >= 15 is 0 Å². The molecule has 4 aliphatic rings. The maximum absolute atomic E-state index is 12.3. The van der Waals surface area contributed by atoms with E-state index in [0.29, 0.717) is 17.6 Å². The third-order valence-corrected chi connectivity index (χ3v) is 5.39. The standard InChI is InChI=1S/C13H19ClO2/c1-2-13(16-7-14)10-4-8-3-9(6-10)12(15)11(13)5-8/h8-11H,2-7H2,1H3. The first-order valence-corrected chi connectivity index (χ1v) is 6.98. The van der Waals surface area contributed by atoms with Crippen LogP contribution in [0.5, 0.6) is 0 Å². The molecule has 4 fully saturated rings. The van der Waals surface area contributed by atoms with Crippen LogP contribution in [-0.4, -0.2) is 17.5 Å². The summed E-state index contributed by atoms with van der Waals surface area (Å²) in [7, 11) is 0. The van der Waals surface area contributed by atoms with E-state index in [-0.39, 0.29) is 17.6 Å². The highest BCUT2D eigenvalue weighted by atomic mass is 35.5. The fraction of sp³-hybridized carbons (Fsp3) is 0.923. The minimum Gasteiger partial charge on any atom is -0.358 e. The Kier molecular flexibility index (Phi) is 2.56. The third-order valence-electron chi connectivity index (χ3n) is 5.28. The van der Waals surface area contributed by atoms with E-state index in [0.717, 1.165) is 31.6 Å². The largest absolute Gasteiger partial charge is 0.358 e. The SMILES string of the molecule is CCC1(OCCl)C2CC3CC(C2)C(=O)C1C3. The molecule has 0 aromatic rings. The summed E-state index contributed by atoms with van der Waals surface area (Å²) in [5.41, 5.74) is -0.216. The van der Waals surface area contributed by atoms with Crippen LogP contribution in [0.1, 0.15) is 39.0 Å². The van der Waals surface area contributed by atoms with E-state index < -0.39 is 0 Å². The second kappa shape index (κ2) is 3.71. The average molecular weight is 243 g/mol. The van der Waals surface area contributed by atoms with Gasteiger partial charge in [0.05, 0.1) is 5.60 Å². The molecule has 5 unspecified atom stereocenters. The maximum atomic E-state index is 12.3.